The Morgan fingerprint density at radius 3 is 2.63 bits per heavy atom. The number of nitrogens with one attached hydrogen (secondary N) is 1. The van der Waals surface area contributed by atoms with Gasteiger partial charge < -0.3 is 16.0 Å². The largest absolute Gasteiger partial charge is 0.368 e. The van der Waals surface area contributed by atoms with Gasteiger partial charge in [0.15, 0.2) is 0 Å². The van der Waals surface area contributed by atoms with Crippen molar-refractivity contribution < 1.29 is 4.79 Å². The molecule has 0 aliphatic carbocycles. The summed E-state index contributed by atoms with van der Waals surface area (Å²) < 4.78 is 0. The summed E-state index contributed by atoms with van der Waals surface area (Å²) in [5.41, 5.74) is 4.94. The Balaban J connectivity index is 2.66. The van der Waals surface area contributed by atoms with Crippen LogP contribution in [-0.4, -0.2) is 67.1 Å². The van der Waals surface area contributed by atoms with E-state index in [0.29, 0.717) is 12.6 Å². The van der Waals surface area contributed by atoms with E-state index in [1.165, 1.54) is 12.8 Å². The topological polar surface area (TPSA) is 61.6 Å². The van der Waals surface area contributed by atoms with Crippen LogP contribution in [0.2, 0.25) is 0 Å². The Morgan fingerprint density at radius 1 is 1.53 bits per heavy atom. The average molecular weight is 270 g/mol. The summed E-state index contributed by atoms with van der Waals surface area (Å²) in [6, 6.07) is 0.817. The van der Waals surface area contributed by atoms with Crippen LogP contribution in [0.15, 0.2) is 0 Å². The first-order valence-electron chi connectivity index (χ1n) is 7.21. The van der Waals surface area contributed by atoms with Gasteiger partial charge in [-0.25, -0.2) is 0 Å². The van der Waals surface area contributed by atoms with Crippen molar-refractivity contribution in [1.82, 2.24) is 15.1 Å². The number of carbonyl (C=O) groups is 1. The molecule has 1 rings (SSSR count). The molecule has 1 heterocycles. The number of hydrogen-bond acceptors (Lipinski definition) is 4. The molecule has 1 aliphatic rings. The quantitative estimate of drug-likeness (QED) is 0.726. The van der Waals surface area contributed by atoms with E-state index in [4.69, 9.17) is 5.73 Å². The van der Waals surface area contributed by atoms with Crippen LogP contribution in [0.4, 0.5) is 0 Å². The molecule has 1 aliphatic heterocycles. The molecule has 0 saturated carbocycles. The van der Waals surface area contributed by atoms with Crippen molar-refractivity contribution in [3.8, 4) is 0 Å². The van der Waals surface area contributed by atoms with Crippen molar-refractivity contribution in [1.29, 1.82) is 0 Å². The predicted octanol–water partition coefficient (Wildman–Crippen LogP) is 0.254. The van der Waals surface area contributed by atoms with Gasteiger partial charge in [0.2, 0.25) is 5.91 Å². The number of rotatable bonds is 6. The molecule has 0 radical (unpaired) electrons. The zero-order chi connectivity index (χ0) is 14.6. The van der Waals surface area contributed by atoms with Crippen molar-refractivity contribution in [2.24, 2.45) is 5.73 Å². The second kappa shape index (κ2) is 6.68. The maximum Gasteiger partial charge on any atom is 0.238 e. The first-order chi connectivity index (χ1) is 8.74. The van der Waals surface area contributed by atoms with E-state index >= 15 is 0 Å². The minimum absolute atomic E-state index is 0.243. The molecular weight excluding hydrogens is 240 g/mol. The highest BCUT2D eigenvalue weighted by atomic mass is 16.1. The second-order valence-corrected chi connectivity index (χ2v) is 6.49. The van der Waals surface area contributed by atoms with Crippen LogP contribution in [0.25, 0.3) is 0 Å². The predicted molar refractivity (Wildman–Crippen MR) is 79.0 cm³/mol. The molecule has 5 nitrogen and oxygen atoms in total. The monoisotopic (exact) mass is 270 g/mol. The van der Waals surface area contributed by atoms with Crippen LogP contribution in [0.1, 0.15) is 33.6 Å². The lowest BCUT2D eigenvalue weighted by atomic mass is 9.96. The van der Waals surface area contributed by atoms with Crippen LogP contribution in [0, 0.1) is 0 Å². The van der Waals surface area contributed by atoms with E-state index in [9.17, 15) is 4.79 Å². The second-order valence-electron chi connectivity index (χ2n) is 6.49. The third-order valence-electron chi connectivity index (χ3n) is 3.90. The molecule has 19 heavy (non-hydrogen) atoms. The van der Waals surface area contributed by atoms with Gasteiger partial charge in [0, 0.05) is 25.2 Å². The molecule has 0 bridgehead atoms. The number of nitrogens with zero attached hydrogens (tertiary/aromatic N) is 2. The number of likely N-dealkylation sites (tertiary alicyclic amines) is 1. The number of carbonyl (C=O) groups excluding carboxylic acids is 1. The summed E-state index contributed by atoms with van der Waals surface area (Å²) in [4.78, 5) is 16.4. The standard InChI is InChI=1S/C14H30N4O/c1-11(2)16-14(3,13(15)19)10-18-8-6-7-12(9-18)17(4)5/h11-12,16H,6-10H2,1-5H3,(H2,15,19). The van der Waals surface area contributed by atoms with E-state index in [-0.39, 0.29) is 11.9 Å². The number of nitrogens with two attached hydrogens (primary N) is 1. The molecule has 0 aromatic heterocycles. The summed E-state index contributed by atoms with van der Waals surface area (Å²) >= 11 is 0. The Kier molecular flexibility index (Phi) is 5.77. The molecule has 2 unspecified atom stereocenters. The Bertz CT molecular complexity index is 306. The highest BCUT2D eigenvalue weighted by Gasteiger charge is 2.35. The molecule has 3 N–H and O–H groups in total. The maximum atomic E-state index is 11.8. The number of likely N-dealkylation sites (N-methyl/N-ethyl adjacent to an activating group) is 1. The fourth-order valence-electron chi connectivity index (χ4n) is 2.88. The summed E-state index contributed by atoms with van der Waals surface area (Å²) in [7, 11) is 4.24. The average Bonchev–Trinajstić information content (AvgIpc) is 2.27. The van der Waals surface area contributed by atoms with Gasteiger partial charge in [0.1, 0.15) is 5.54 Å². The minimum Gasteiger partial charge on any atom is -0.368 e. The normalized spacial score (nSPS) is 24.7. The highest BCUT2D eigenvalue weighted by molar-refractivity contribution is 5.84. The van der Waals surface area contributed by atoms with Gasteiger partial charge in [0.05, 0.1) is 0 Å². The zero-order valence-electron chi connectivity index (χ0n) is 13.1. The smallest absolute Gasteiger partial charge is 0.238 e. The first kappa shape index (κ1) is 16.4. The summed E-state index contributed by atoms with van der Waals surface area (Å²) in [5.74, 6) is -0.270. The van der Waals surface area contributed by atoms with E-state index < -0.39 is 5.54 Å². The SMILES string of the molecule is CC(C)NC(C)(CN1CCCC(N(C)C)C1)C(N)=O. The summed E-state index contributed by atoms with van der Waals surface area (Å²) in [6.07, 6.45) is 2.41. The van der Waals surface area contributed by atoms with Crippen molar-refractivity contribution in [2.75, 3.05) is 33.7 Å². The number of piperidine rings is 1. The zero-order valence-corrected chi connectivity index (χ0v) is 13.1. The van der Waals surface area contributed by atoms with E-state index in [1.54, 1.807) is 0 Å². The van der Waals surface area contributed by atoms with Gasteiger partial charge in [-0.2, -0.15) is 0 Å². The van der Waals surface area contributed by atoms with Crippen molar-refractivity contribution in [2.45, 2.75) is 51.2 Å². The highest BCUT2D eigenvalue weighted by Crippen LogP contribution is 2.17. The third-order valence-corrected chi connectivity index (χ3v) is 3.90. The Morgan fingerprint density at radius 2 is 2.16 bits per heavy atom. The summed E-state index contributed by atoms with van der Waals surface area (Å²) in [6.45, 7) is 8.74. The fourth-order valence-corrected chi connectivity index (χ4v) is 2.88. The van der Waals surface area contributed by atoms with Gasteiger partial charge in [0.25, 0.3) is 0 Å². The van der Waals surface area contributed by atoms with Crippen LogP contribution < -0.4 is 11.1 Å². The van der Waals surface area contributed by atoms with Gasteiger partial charge >= 0.3 is 0 Å². The Labute approximate surface area is 117 Å². The molecule has 1 saturated heterocycles. The lowest BCUT2D eigenvalue weighted by molar-refractivity contribution is -0.125. The Hall–Kier alpha value is -0.650. The molecule has 0 aromatic carbocycles. The molecule has 1 amide bonds. The first-order valence-corrected chi connectivity index (χ1v) is 7.21. The molecule has 5 heteroatoms. The van der Waals surface area contributed by atoms with E-state index in [1.807, 2.05) is 20.8 Å². The number of primary amides is 1. The molecule has 0 aromatic rings. The third kappa shape index (κ3) is 4.75. The molecule has 1 fully saturated rings. The van der Waals surface area contributed by atoms with Gasteiger partial charge in [-0.3, -0.25) is 9.69 Å². The lowest BCUT2D eigenvalue weighted by Crippen LogP contribution is -2.62. The lowest BCUT2D eigenvalue weighted by Gasteiger charge is -2.41. The van der Waals surface area contributed by atoms with Crippen LogP contribution in [0.5, 0.6) is 0 Å². The van der Waals surface area contributed by atoms with Crippen LogP contribution in [0.3, 0.4) is 0 Å². The maximum absolute atomic E-state index is 11.8. The van der Waals surface area contributed by atoms with Gasteiger partial charge in [-0.05, 0) is 54.3 Å². The van der Waals surface area contributed by atoms with E-state index in [0.717, 1.165) is 13.1 Å². The fraction of sp³-hybridized carbons (Fsp3) is 0.929. The summed E-state index contributed by atoms with van der Waals surface area (Å²) in [5, 5.41) is 3.32. The molecule has 2 atom stereocenters. The van der Waals surface area contributed by atoms with Gasteiger partial charge in [-0.15, -0.1) is 0 Å². The molecular formula is C14H30N4O. The van der Waals surface area contributed by atoms with Crippen molar-refractivity contribution in [3.63, 3.8) is 0 Å². The number of hydrogen-bond donors (Lipinski definition) is 2. The van der Waals surface area contributed by atoms with Gasteiger partial charge in [-0.1, -0.05) is 0 Å². The number of amides is 1. The van der Waals surface area contributed by atoms with Crippen LogP contribution >= 0.6 is 0 Å². The molecule has 0 spiro atoms. The van der Waals surface area contributed by atoms with Crippen LogP contribution in [-0.2, 0) is 4.79 Å². The minimum atomic E-state index is -0.650. The van der Waals surface area contributed by atoms with Crippen molar-refractivity contribution >= 4 is 5.91 Å². The van der Waals surface area contributed by atoms with E-state index in [2.05, 4.69) is 29.2 Å². The van der Waals surface area contributed by atoms with Crippen molar-refractivity contribution in [3.05, 3.63) is 0 Å². The molecule has 112 valence electrons.